The molecule has 0 heterocycles. The quantitative estimate of drug-likeness (QED) is 0.604. The Hall–Kier alpha value is -1.42. The lowest BCUT2D eigenvalue weighted by atomic mass is 10.2. The van der Waals surface area contributed by atoms with Crippen molar-refractivity contribution in [3.05, 3.63) is 29.8 Å². The summed E-state index contributed by atoms with van der Waals surface area (Å²) in [5, 5.41) is 0. The first-order chi connectivity index (χ1) is 5.86. The van der Waals surface area contributed by atoms with Crippen LogP contribution >= 0.6 is 0 Å². The molecule has 1 aromatic carbocycles. The highest BCUT2D eigenvalue weighted by molar-refractivity contribution is 5.37. The van der Waals surface area contributed by atoms with Gasteiger partial charge in [0.25, 0.3) is 0 Å². The molecular formula is C11H12O. The van der Waals surface area contributed by atoms with Gasteiger partial charge in [0.05, 0.1) is 6.61 Å². The molecule has 0 bridgehead atoms. The van der Waals surface area contributed by atoms with Gasteiger partial charge in [0, 0.05) is 5.56 Å². The van der Waals surface area contributed by atoms with Gasteiger partial charge in [-0.25, -0.2) is 0 Å². The lowest BCUT2D eigenvalue weighted by Crippen LogP contribution is -1.90. The zero-order valence-electron chi connectivity index (χ0n) is 7.42. The molecule has 1 heteroatoms. The zero-order valence-corrected chi connectivity index (χ0v) is 7.42. The van der Waals surface area contributed by atoms with Crippen molar-refractivity contribution in [3.63, 3.8) is 0 Å². The summed E-state index contributed by atoms with van der Waals surface area (Å²) in [5.41, 5.74) is 1.03. The van der Waals surface area contributed by atoms with Gasteiger partial charge in [-0.1, -0.05) is 5.92 Å². The normalized spacial score (nSPS) is 8.50. The van der Waals surface area contributed by atoms with Crippen LogP contribution in [-0.2, 0) is 0 Å². The molecule has 0 saturated heterocycles. The van der Waals surface area contributed by atoms with Crippen LogP contribution < -0.4 is 4.74 Å². The zero-order chi connectivity index (χ0) is 8.81. The van der Waals surface area contributed by atoms with Gasteiger partial charge in [0.1, 0.15) is 5.75 Å². The standard InChI is InChI=1S/C11H12O/c1-3-5-10-6-8-11(9-7-10)12-4-2/h6-9H,4H2,1-2H3. The van der Waals surface area contributed by atoms with Gasteiger partial charge in [0.2, 0.25) is 0 Å². The van der Waals surface area contributed by atoms with Crippen LogP contribution in [0.4, 0.5) is 0 Å². The van der Waals surface area contributed by atoms with Crippen LogP contribution in [0, 0.1) is 11.8 Å². The molecule has 0 saturated carbocycles. The Labute approximate surface area is 73.4 Å². The molecule has 0 radical (unpaired) electrons. The van der Waals surface area contributed by atoms with Gasteiger partial charge in [-0.2, -0.15) is 0 Å². The van der Waals surface area contributed by atoms with Gasteiger partial charge < -0.3 is 4.74 Å². The van der Waals surface area contributed by atoms with Crippen molar-refractivity contribution in [1.82, 2.24) is 0 Å². The molecule has 0 N–H and O–H groups in total. The van der Waals surface area contributed by atoms with Gasteiger partial charge in [-0.15, -0.1) is 5.92 Å². The van der Waals surface area contributed by atoms with Crippen LogP contribution in [0.5, 0.6) is 5.75 Å². The highest BCUT2D eigenvalue weighted by Crippen LogP contribution is 2.10. The summed E-state index contributed by atoms with van der Waals surface area (Å²) < 4.78 is 5.29. The minimum absolute atomic E-state index is 0.707. The summed E-state index contributed by atoms with van der Waals surface area (Å²) in [6.07, 6.45) is 0. The number of ether oxygens (including phenoxy) is 1. The van der Waals surface area contributed by atoms with Crippen molar-refractivity contribution in [2.75, 3.05) is 6.61 Å². The van der Waals surface area contributed by atoms with E-state index in [1.165, 1.54) is 0 Å². The number of hydrogen-bond donors (Lipinski definition) is 0. The first-order valence-corrected chi connectivity index (χ1v) is 4.02. The molecule has 1 aromatic rings. The van der Waals surface area contributed by atoms with E-state index in [-0.39, 0.29) is 0 Å². The second-order valence-electron chi connectivity index (χ2n) is 2.33. The van der Waals surface area contributed by atoms with E-state index in [2.05, 4.69) is 11.8 Å². The first kappa shape index (κ1) is 8.67. The smallest absolute Gasteiger partial charge is 0.119 e. The van der Waals surface area contributed by atoms with Gasteiger partial charge in [-0.3, -0.25) is 0 Å². The van der Waals surface area contributed by atoms with Crippen LogP contribution in [0.25, 0.3) is 0 Å². The molecular weight excluding hydrogens is 148 g/mol. The van der Waals surface area contributed by atoms with Crippen molar-refractivity contribution >= 4 is 0 Å². The fourth-order valence-electron chi connectivity index (χ4n) is 0.945. The summed E-state index contributed by atoms with van der Waals surface area (Å²) in [6, 6.07) is 7.79. The molecule has 0 aliphatic carbocycles. The topological polar surface area (TPSA) is 9.23 Å². The highest BCUT2D eigenvalue weighted by atomic mass is 16.5. The summed E-state index contributed by atoms with van der Waals surface area (Å²) >= 11 is 0. The average molecular weight is 160 g/mol. The molecule has 1 nitrogen and oxygen atoms in total. The van der Waals surface area contributed by atoms with E-state index in [1.807, 2.05) is 38.1 Å². The highest BCUT2D eigenvalue weighted by Gasteiger charge is 1.90. The SMILES string of the molecule is CC#Cc1ccc(OCC)cc1. The third-order valence-electron chi connectivity index (χ3n) is 1.43. The molecule has 0 aromatic heterocycles. The largest absolute Gasteiger partial charge is 0.494 e. The van der Waals surface area contributed by atoms with Crippen molar-refractivity contribution in [2.24, 2.45) is 0 Å². The lowest BCUT2D eigenvalue weighted by Gasteiger charge is -2.01. The fraction of sp³-hybridized carbons (Fsp3) is 0.273. The Morgan fingerprint density at radius 2 is 1.92 bits per heavy atom. The summed E-state index contributed by atoms with van der Waals surface area (Å²) in [6.45, 7) is 4.51. The molecule has 0 fully saturated rings. The van der Waals surface area contributed by atoms with E-state index in [0.717, 1.165) is 11.3 Å². The molecule has 0 amide bonds. The average Bonchev–Trinajstić information content (AvgIpc) is 2.09. The maximum atomic E-state index is 5.29. The summed E-state index contributed by atoms with van der Waals surface area (Å²) in [7, 11) is 0. The van der Waals surface area contributed by atoms with Gasteiger partial charge in [-0.05, 0) is 38.1 Å². The predicted octanol–water partition coefficient (Wildman–Crippen LogP) is 2.46. The maximum absolute atomic E-state index is 5.29. The number of rotatable bonds is 2. The Kier molecular flexibility index (Phi) is 3.22. The van der Waals surface area contributed by atoms with Crippen molar-refractivity contribution < 1.29 is 4.74 Å². The number of benzene rings is 1. The van der Waals surface area contributed by atoms with E-state index in [0.29, 0.717) is 6.61 Å². The third kappa shape index (κ3) is 2.32. The Bertz CT molecular complexity index is 287. The molecule has 1 rings (SSSR count). The molecule has 62 valence electrons. The second-order valence-corrected chi connectivity index (χ2v) is 2.33. The predicted molar refractivity (Wildman–Crippen MR) is 50.2 cm³/mol. The molecule has 0 aliphatic heterocycles. The molecule has 0 spiro atoms. The minimum atomic E-state index is 0.707. The molecule has 0 atom stereocenters. The van der Waals surface area contributed by atoms with E-state index in [9.17, 15) is 0 Å². The minimum Gasteiger partial charge on any atom is -0.494 e. The van der Waals surface area contributed by atoms with Crippen LogP contribution in [-0.4, -0.2) is 6.61 Å². The summed E-state index contributed by atoms with van der Waals surface area (Å²) in [5.74, 6) is 6.72. The van der Waals surface area contributed by atoms with E-state index < -0.39 is 0 Å². The van der Waals surface area contributed by atoms with Crippen LogP contribution in [0.15, 0.2) is 24.3 Å². The monoisotopic (exact) mass is 160 g/mol. The van der Waals surface area contributed by atoms with Crippen molar-refractivity contribution in [3.8, 4) is 17.6 Å². The van der Waals surface area contributed by atoms with E-state index >= 15 is 0 Å². The molecule has 0 unspecified atom stereocenters. The van der Waals surface area contributed by atoms with Crippen LogP contribution in [0.2, 0.25) is 0 Å². The lowest BCUT2D eigenvalue weighted by molar-refractivity contribution is 0.340. The summed E-state index contributed by atoms with van der Waals surface area (Å²) in [4.78, 5) is 0. The molecule has 12 heavy (non-hydrogen) atoms. The second kappa shape index (κ2) is 4.46. The van der Waals surface area contributed by atoms with Crippen molar-refractivity contribution in [2.45, 2.75) is 13.8 Å². The third-order valence-corrected chi connectivity index (χ3v) is 1.43. The Morgan fingerprint density at radius 3 is 2.42 bits per heavy atom. The number of hydrogen-bond acceptors (Lipinski definition) is 1. The first-order valence-electron chi connectivity index (χ1n) is 4.02. The maximum Gasteiger partial charge on any atom is 0.119 e. The van der Waals surface area contributed by atoms with Crippen LogP contribution in [0.3, 0.4) is 0 Å². The van der Waals surface area contributed by atoms with E-state index in [4.69, 9.17) is 4.74 Å². The van der Waals surface area contributed by atoms with Gasteiger partial charge >= 0.3 is 0 Å². The Balaban J connectivity index is 2.76. The van der Waals surface area contributed by atoms with E-state index in [1.54, 1.807) is 0 Å². The van der Waals surface area contributed by atoms with Gasteiger partial charge in [0.15, 0.2) is 0 Å². The van der Waals surface area contributed by atoms with Crippen molar-refractivity contribution in [1.29, 1.82) is 0 Å². The fourth-order valence-corrected chi connectivity index (χ4v) is 0.945. The molecule has 0 aliphatic rings. The van der Waals surface area contributed by atoms with Crippen LogP contribution in [0.1, 0.15) is 19.4 Å². The Morgan fingerprint density at radius 1 is 1.25 bits per heavy atom.